The highest BCUT2D eigenvalue weighted by Gasteiger charge is 2.21. The third kappa shape index (κ3) is 3.20. The number of amides is 1. The third-order valence-electron chi connectivity index (χ3n) is 4.61. The number of hydrogen-bond acceptors (Lipinski definition) is 3. The molecular weight excluding hydrogens is 316 g/mol. The second-order valence-electron chi connectivity index (χ2n) is 6.29. The molecule has 0 fully saturated rings. The van der Waals surface area contributed by atoms with Crippen molar-refractivity contribution in [1.29, 1.82) is 0 Å². The van der Waals surface area contributed by atoms with Crippen molar-refractivity contribution in [1.82, 2.24) is 10.3 Å². The number of nitrogens with one attached hydrogen (secondary N) is 1. The van der Waals surface area contributed by atoms with Gasteiger partial charge in [0.2, 0.25) is 5.91 Å². The molecule has 0 bridgehead atoms. The van der Waals surface area contributed by atoms with Gasteiger partial charge < -0.3 is 5.32 Å². The summed E-state index contributed by atoms with van der Waals surface area (Å²) in [5, 5.41) is 4.25. The molecule has 0 spiro atoms. The van der Waals surface area contributed by atoms with Gasteiger partial charge >= 0.3 is 0 Å². The van der Waals surface area contributed by atoms with Crippen LogP contribution in [0.15, 0.2) is 48.5 Å². The summed E-state index contributed by atoms with van der Waals surface area (Å²) in [7, 11) is 0. The van der Waals surface area contributed by atoms with Crippen molar-refractivity contribution in [2.75, 3.05) is 0 Å². The van der Waals surface area contributed by atoms with Crippen LogP contribution >= 0.6 is 11.3 Å². The first-order valence-corrected chi connectivity index (χ1v) is 9.33. The van der Waals surface area contributed by atoms with Gasteiger partial charge in [0.25, 0.3) is 0 Å². The first kappa shape index (κ1) is 15.3. The zero-order chi connectivity index (χ0) is 16.4. The van der Waals surface area contributed by atoms with E-state index in [1.54, 1.807) is 11.3 Å². The molecule has 1 amide bonds. The Morgan fingerprint density at radius 1 is 1.17 bits per heavy atom. The van der Waals surface area contributed by atoms with Gasteiger partial charge in [-0.3, -0.25) is 4.79 Å². The Hall–Kier alpha value is -2.20. The number of thiazole rings is 1. The molecule has 4 rings (SSSR count). The molecule has 4 heteroatoms. The molecule has 3 aromatic rings. The van der Waals surface area contributed by atoms with Crippen LogP contribution in [0.5, 0.6) is 0 Å². The molecule has 1 aliphatic carbocycles. The third-order valence-corrected chi connectivity index (χ3v) is 5.70. The lowest BCUT2D eigenvalue weighted by Gasteiger charge is -2.26. The largest absolute Gasteiger partial charge is 0.349 e. The van der Waals surface area contributed by atoms with Gasteiger partial charge in [-0.05, 0) is 42.5 Å². The number of hydrogen-bond donors (Lipinski definition) is 1. The summed E-state index contributed by atoms with van der Waals surface area (Å²) >= 11 is 1.68. The van der Waals surface area contributed by atoms with Crippen LogP contribution in [0.3, 0.4) is 0 Å². The van der Waals surface area contributed by atoms with E-state index in [1.807, 2.05) is 18.2 Å². The minimum absolute atomic E-state index is 0.121. The predicted molar refractivity (Wildman–Crippen MR) is 98.2 cm³/mol. The minimum Gasteiger partial charge on any atom is -0.349 e. The van der Waals surface area contributed by atoms with Gasteiger partial charge in [-0.1, -0.05) is 36.4 Å². The van der Waals surface area contributed by atoms with Crippen molar-refractivity contribution in [2.45, 2.75) is 38.1 Å². The summed E-state index contributed by atoms with van der Waals surface area (Å²) in [6.45, 7) is 0. The first-order chi connectivity index (χ1) is 11.8. The standard InChI is InChI=1S/C20H20N2OS/c23-19(12-13-20-22-17-9-3-4-11-18(17)24-20)21-16-10-5-7-14-6-1-2-8-15(14)16/h1-4,6,8-9,11,16H,5,7,10,12-13H2,(H,21,23). The van der Waals surface area contributed by atoms with Crippen molar-refractivity contribution in [2.24, 2.45) is 0 Å². The molecule has 0 aliphatic heterocycles. The van der Waals surface area contributed by atoms with Gasteiger partial charge in [0.05, 0.1) is 21.3 Å². The lowest BCUT2D eigenvalue weighted by molar-refractivity contribution is -0.121. The fourth-order valence-electron chi connectivity index (χ4n) is 3.42. The Balaban J connectivity index is 1.39. The topological polar surface area (TPSA) is 42.0 Å². The van der Waals surface area contributed by atoms with Crippen LogP contribution in [-0.2, 0) is 17.6 Å². The Kier molecular flexibility index (Phi) is 4.30. The molecular formula is C20H20N2OS. The van der Waals surface area contributed by atoms with Crippen LogP contribution in [-0.4, -0.2) is 10.9 Å². The van der Waals surface area contributed by atoms with E-state index >= 15 is 0 Å². The molecule has 122 valence electrons. The van der Waals surface area contributed by atoms with Crippen LogP contribution in [0.4, 0.5) is 0 Å². The second kappa shape index (κ2) is 6.73. The minimum atomic E-state index is 0.121. The molecule has 0 saturated heterocycles. The van der Waals surface area contributed by atoms with Gasteiger partial charge in [0, 0.05) is 12.8 Å². The van der Waals surface area contributed by atoms with E-state index < -0.39 is 0 Å². The molecule has 1 unspecified atom stereocenters. The van der Waals surface area contributed by atoms with E-state index in [1.165, 1.54) is 15.8 Å². The number of aryl methyl sites for hydroxylation is 2. The van der Waals surface area contributed by atoms with E-state index in [9.17, 15) is 4.79 Å². The molecule has 0 radical (unpaired) electrons. The summed E-state index contributed by atoms with van der Waals surface area (Å²) in [6, 6.07) is 16.8. The Bertz CT molecular complexity index is 838. The van der Waals surface area contributed by atoms with Crippen LogP contribution in [0, 0.1) is 0 Å². The molecule has 0 saturated carbocycles. The molecule has 1 N–H and O–H groups in total. The fraction of sp³-hybridized carbons (Fsp3) is 0.300. The highest BCUT2D eigenvalue weighted by molar-refractivity contribution is 7.18. The van der Waals surface area contributed by atoms with Gasteiger partial charge in [0.15, 0.2) is 0 Å². The Morgan fingerprint density at radius 2 is 2.00 bits per heavy atom. The van der Waals surface area contributed by atoms with Crippen molar-refractivity contribution < 1.29 is 4.79 Å². The molecule has 2 aromatic carbocycles. The van der Waals surface area contributed by atoms with Gasteiger partial charge in [-0.2, -0.15) is 0 Å². The summed E-state index contributed by atoms with van der Waals surface area (Å²) in [5.74, 6) is 0.121. The predicted octanol–water partition coefficient (Wildman–Crippen LogP) is 4.42. The van der Waals surface area contributed by atoms with Gasteiger partial charge in [-0.15, -0.1) is 11.3 Å². The van der Waals surface area contributed by atoms with Crippen LogP contribution in [0.25, 0.3) is 10.2 Å². The van der Waals surface area contributed by atoms with Crippen LogP contribution in [0.2, 0.25) is 0 Å². The van der Waals surface area contributed by atoms with Crippen molar-refractivity contribution >= 4 is 27.5 Å². The summed E-state index contributed by atoms with van der Waals surface area (Å²) in [4.78, 5) is 17.0. The average Bonchev–Trinajstić information content (AvgIpc) is 3.03. The average molecular weight is 336 g/mol. The quantitative estimate of drug-likeness (QED) is 0.766. The zero-order valence-electron chi connectivity index (χ0n) is 13.5. The number of aromatic nitrogens is 1. The van der Waals surface area contributed by atoms with Gasteiger partial charge in [-0.25, -0.2) is 4.98 Å². The maximum atomic E-state index is 12.4. The maximum absolute atomic E-state index is 12.4. The smallest absolute Gasteiger partial charge is 0.220 e. The molecule has 1 aliphatic rings. The number of nitrogens with zero attached hydrogens (tertiary/aromatic N) is 1. The number of fused-ring (bicyclic) bond motifs is 2. The van der Waals surface area contributed by atoms with Crippen molar-refractivity contribution in [3.63, 3.8) is 0 Å². The van der Waals surface area contributed by atoms with Crippen molar-refractivity contribution in [3.8, 4) is 0 Å². The van der Waals surface area contributed by atoms with E-state index in [2.05, 4.69) is 40.6 Å². The first-order valence-electron chi connectivity index (χ1n) is 8.51. The number of carbonyl (C=O) groups is 1. The Morgan fingerprint density at radius 3 is 2.92 bits per heavy atom. The van der Waals surface area contributed by atoms with Crippen LogP contribution < -0.4 is 5.32 Å². The van der Waals surface area contributed by atoms with E-state index in [4.69, 9.17) is 0 Å². The van der Waals surface area contributed by atoms with E-state index in [-0.39, 0.29) is 11.9 Å². The highest BCUT2D eigenvalue weighted by Crippen LogP contribution is 2.29. The summed E-state index contributed by atoms with van der Waals surface area (Å²) in [5.41, 5.74) is 3.69. The number of benzene rings is 2. The molecule has 24 heavy (non-hydrogen) atoms. The van der Waals surface area contributed by atoms with E-state index in [0.717, 1.165) is 29.8 Å². The molecule has 1 atom stereocenters. The molecule has 3 nitrogen and oxygen atoms in total. The highest BCUT2D eigenvalue weighted by atomic mass is 32.1. The lowest BCUT2D eigenvalue weighted by atomic mass is 9.87. The summed E-state index contributed by atoms with van der Waals surface area (Å²) < 4.78 is 1.19. The number of para-hydroxylation sites is 1. The SMILES string of the molecule is O=C(CCc1nc2ccccc2s1)NC1CCCc2ccccc21. The Labute approximate surface area is 145 Å². The fourth-order valence-corrected chi connectivity index (χ4v) is 4.38. The normalized spacial score (nSPS) is 16.8. The molecule has 1 heterocycles. The molecule has 1 aromatic heterocycles. The monoisotopic (exact) mass is 336 g/mol. The number of rotatable bonds is 4. The van der Waals surface area contributed by atoms with Gasteiger partial charge in [0.1, 0.15) is 0 Å². The summed E-state index contributed by atoms with van der Waals surface area (Å²) in [6.07, 6.45) is 4.50. The maximum Gasteiger partial charge on any atom is 0.220 e. The number of carbonyl (C=O) groups excluding carboxylic acids is 1. The second-order valence-corrected chi connectivity index (χ2v) is 7.40. The van der Waals surface area contributed by atoms with E-state index in [0.29, 0.717) is 12.8 Å². The lowest BCUT2D eigenvalue weighted by Crippen LogP contribution is -2.31. The zero-order valence-corrected chi connectivity index (χ0v) is 14.3. The van der Waals surface area contributed by atoms with Crippen molar-refractivity contribution in [3.05, 3.63) is 64.7 Å². The van der Waals surface area contributed by atoms with Crippen LogP contribution in [0.1, 0.15) is 41.4 Å².